The number of halogens is 1. The summed E-state index contributed by atoms with van der Waals surface area (Å²) in [7, 11) is 1.51. The lowest BCUT2D eigenvalue weighted by Gasteiger charge is -2.62. The molecule has 1 aliphatic heterocycles. The largest absolute Gasteiger partial charge is 0.497 e. The number of carbonyl (C=O) groups is 1. The average Bonchev–Trinajstić information content (AvgIpc) is 3.17. The smallest absolute Gasteiger partial charge is 0.184 e. The molecule has 3 fully saturated rings. The van der Waals surface area contributed by atoms with Crippen molar-refractivity contribution in [2.24, 2.45) is 28.2 Å². The standard InChI is InChI=1S/C34H38FN5O2S.C2H6/c1-20-27-14-23(34(27,2)3)15-29(20)39-33(43)37-24-8-10-26-30(16-24)38-32(22-6-5-12-36-18-22)40(19-31(26)41)13-11-21-7-9-25(42-4)17-28(21)35;1-2/h5-10,12,16-18,20,23,27,29H,11,13-15,19H2,1-4H3,(H2,37,39,43);1-2H3/t20-,23+,27-,29-;/m0./s1. The van der Waals surface area contributed by atoms with Crippen molar-refractivity contribution in [2.75, 3.05) is 25.5 Å². The fourth-order valence-electron chi connectivity index (χ4n) is 7.17. The van der Waals surface area contributed by atoms with Crippen molar-refractivity contribution < 1.29 is 13.9 Å². The quantitative estimate of drug-likeness (QED) is 0.263. The molecule has 0 radical (unpaired) electrons. The molecule has 3 aromatic rings. The number of hydrogen-bond acceptors (Lipinski definition) is 6. The molecule has 2 bridgehead atoms. The van der Waals surface area contributed by atoms with E-state index in [0.717, 1.165) is 29.5 Å². The van der Waals surface area contributed by atoms with Crippen LogP contribution in [-0.4, -0.2) is 52.9 Å². The maximum atomic E-state index is 14.7. The van der Waals surface area contributed by atoms with Crippen LogP contribution in [0.3, 0.4) is 0 Å². The monoisotopic (exact) mass is 629 g/mol. The van der Waals surface area contributed by atoms with Gasteiger partial charge in [0, 0.05) is 47.9 Å². The molecule has 0 spiro atoms. The number of thiocarbonyl (C=S) groups is 1. The summed E-state index contributed by atoms with van der Waals surface area (Å²) in [4.78, 5) is 24.7. The maximum Gasteiger partial charge on any atom is 0.184 e. The van der Waals surface area contributed by atoms with Gasteiger partial charge in [-0.1, -0.05) is 40.7 Å². The molecule has 3 aliphatic carbocycles. The number of hydrogen-bond donors (Lipinski definition) is 2. The van der Waals surface area contributed by atoms with Gasteiger partial charge < -0.3 is 20.3 Å². The first-order valence-corrected chi connectivity index (χ1v) is 16.4. The van der Waals surface area contributed by atoms with Crippen molar-refractivity contribution in [2.45, 2.75) is 59.9 Å². The third kappa shape index (κ3) is 6.73. The fraction of sp³-hybridized carbons (Fsp3) is 0.444. The molecule has 2 aromatic carbocycles. The highest BCUT2D eigenvalue weighted by molar-refractivity contribution is 7.80. The molecule has 2 heterocycles. The van der Waals surface area contributed by atoms with Crippen molar-refractivity contribution in [1.29, 1.82) is 0 Å². The number of rotatable bonds is 7. The summed E-state index contributed by atoms with van der Waals surface area (Å²) in [5.41, 5.74) is 3.59. The molecule has 45 heavy (non-hydrogen) atoms. The second kappa shape index (κ2) is 13.6. The number of aliphatic imine (C=N–C) groups is 1. The number of amidine groups is 1. The minimum Gasteiger partial charge on any atom is -0.497 e. The summed E-state index contributed by atoms with van der Waals surface area (Å²) in [6.07, 6.45) is 6.26. The number of methoxy groups -OCH3 is 1. The molecule has 0 amide bonds. The number of ketones is 1. The first-order chi connectivity index (χ1) is 21.6. The lowest BCUT2D eigenvalue weighted by atomic mass is 9.45. The van der Waals surface area contributed by atoms with E-state index in [1.165, 1.54) is 19.6 Å². The molecule has 1 aromatic heterocycles. The lowest BCUT2D eigenvalue weighted by molar-refractivity contribution is -0.111. The molecule has 0 saturated heterocycles. The summed E-state index contributed by atoms with van der Waals surface area (Å²) in [5, 5.41) is 7.48. The Morgan fingerprint density at radius 2 is 1.96 bits per heavy atom. The first-order valence-electron chi connectivity index (χ1n) is 15.9. The molecule has 0 unspecified atom stereocenters. The van der Waals surface area contributed by atoms with Crippen LogP contribution in [0.15, 0.2) is 65.9 Å². The number of aromatic nitrogens is 1. The fourth-order valence-corrected chi connectivity index (χ4v) is 7.44. The van der Waals surface area contributed by atoms with Crippen LogP contribution in [0.2, 0.25) is 0 Å². The highest BCUT2D eigenvalue weighted by Crippen LogP contribution is 2.61. The Morgan fingerprint density at radius 1 is 1.16 bits per heavy atom. The van der Waals surface area contributed by atoms with Gasteiger partial charge >= 0.3 is 0 Å². The predicted molar refractivity (Wildman–Crippen MR) is 183 cm³/mol. The highest BCUT2D eigenvalue weighted by atomic mass is 32.1. The van der Waals surface area contributed by atoms with Crippen LogP contribution in [0.5, 0.6) is 5.75 Å². The molecule has 4 aliphatic rings. The van der Waals surface area contributed by atoms with E-state index in [-0.39, 0.29) is 18.1 Å². The second-order valence-electron chi connectivity index (χ2n) is 12.6. The van der Waals surface area contributed by atoms with Gasteiger partial charge in [0.2, 0.25) is 0 Å². The molecular formula is C36H44FN5O2S. The van der Waals surface area contributed by atoms with Crippen molar-refractivity contribution in [3.8, 4) is 5.75 Å². The number of nitrogens with one attached hydrogen (secondary N) is 2. The van der Waals surface area contributed by atoms with Crippen molar-refractivity contribution in [3.63, 3.8) is 0 Å². The molecule has 238 valence electrons. The van der Waals surface area contributed by atoms with Gasteiger partial charge in [0.05, 0.1) is 19.3 Å². The van der Waals surface area contributed by atoms with Gasteiger partial charge in [-0.2, -0.15) is 0 Å². The summed E-state index contributed by atoms with van der Waals surface area (Å²) >= 11 is 5.73. The maximum absolute atomic E-state index is 14.7. The number of anilines is 1. The number of fused-ring (bicyclic) bond motifs is 3. The normalized spacial score (nSPS) is 22.9. The number of ether oxygens (including phenoxy) is 1. The number of pyridine rings is 1. The molecule has 4 atom stereocenters. The van der Waals surface area contributed by atoms with Gasteiger partial charge in [0.1, 0.15) is 17.4 Å². The van der Waals surface area contributed by atoms with Crippen molar-refractivity contribution in [1.82, 2.24) is 15.2 Å². The minimum absolute atomic E-state index is 0.0574. The highest BCUT2D eigenvalue weighted by Gasteiger charge is 2.56. The second-order valence-corrected chi connectivity index (χ2v) is 13.0. The zero-order valence-corrected chi connectivity index (χ0v) is 27.9. The zero-order valence-electron chi connectivity index (χ0n) is 27.1. The Hall–Kier alpha value is -3.85. The van der Waals surface area contributed by atoms with E-state index in [4.69, 9.17) is 21.9 Å². The van der Waals surface area contributed by atoms with E-state index in [2.05, 4.69) is 36.4 Å². The van der Waals surface area contributed by atoms with Crippen LogP contribution in [0.25, 0.3) is 0 Å². The van der Waals surface area contributed by atoms with Crippen LogP contribution >= 0.6 is 12.2 Å². The summed E-state index contributed by atoms with van der Waals surface area (Å²) in [5.74, 6) is 2.68. The molecule has 9 heteroatoms. The van der Waals surface area contributed by atoms with Crippen molar-refractivity contribution >= 4 is 40.3 Å². The topological polar surface area (TPSA) is 78.9 Å². The van der Waals surface area contributed by atoms with Crippen LogP contribution in [0, 0.1) is 29.0 Å². The van der Waals surface area contributed by atoms with Gasteiger partial charge in [-0.3, -0.25) is 9.78 Å². The average molecular weight is 630 g/mol. The Bertz CT molecular complexity index is 1580. The number of nitrogens with zero attached hydrogens (tertiary/aromatic N) is 3. The van der Waals surface area contributed by atoms with E-state index in [0.29, 0.717) is 63.9 Å². The van der Waals surface area contributed by atoms with Gasteiger partial charge in [-0.05, 0) is 96.6 Å². The van der Waals surface area contributed by atoms with E-state index < -0.39 is 0 Å². The molecule has 7 nitrogen and oxygen atoms in total. The van der Waals surface area contributed by atoms with E-state index in [1.807, 2.05) is 43.0 Å². The Morgan fingerprint density at radius 3 is 2.62 bits per heavy atom. The Kier molecular flexibility index (Phi) is 9.87. The number of carbonyl (C=O) groups excluding carboxylic acids is 1. The zero-order chi connectivity index (χ0) is 32.3. The van der Waals surface area contributed by atoms with Crippen molar-refractivity contribution in [3.05, 3.63) is 83.4 Å². The van der Waals surface area contributed by atoms with Gasteiger partial charge in [-0.25, -0.2) is 9.38 Å². The Balaban J connectivity index is 0.00000196. The van der Waals surface area contributed by atoms with E-state index in [9.17, 15) is 9.18 Å². The van der Waals surface area contributed by atoms with E-state index >= 15 is 0 Å². The first kappa shape index (κ1) is 32.5. The van der Waals surface area contributed by atoms with E-state index in [1.54, 1.807) is 30.6 Å². The van der Waals surface area contributed by atoms with Crippen LogP contribution in [-0.2, 0) is 6.42 Å². The van der Waals surface area contributed by atoms with Gasteiger partial charge in [-0.15, -0.1) is 0 Å². The molecule has 3 saturated carbocycles. The minimum atomic E-state index is -0.340. The third-order valence-electron chi connectivity index (χ3n) is 9.92. The third-order valence-corrected chi connectivity index (χ3v) is 10.1. The summed E-state index contributed by atoms with van der Waals surface area (Å²) in [6.45, 7) is 11.6. The lowest BCUT2D eigenvalue weighted by Crippen LogP contribution is -2.61. The molecule has 7 rings (SSSR count). The number of Topliss-reactive ketones (excluding diaryl/α,β-unsaturated/α-hetero) is 1. The predicted octanol–water partition coefficient (Wildman–Crippen LogP) is 7.43. The summed E-state index contributed by atoms with van der Waals surface area (Å²) < 4.78 is 19.9. The SMILES string of the molecule is CC.COc1ccc(CCN2CC(=O)c3ccc(NC(=S)N[C@H]4C[C@H]5C[C@@H]([C@@H]4C)C5(C)C)cc3N=C2c2cccnc2)c(F)c1. The van der Waals surface area contributed by atoms with Crippen LogP contribution in [0.1, 0.15) is 68.9 Å². The summed E-state index contributed by atoms with van der Waals surface area (Å²) in [6, 6.07) is 14.5. The van der Waals surface area contributed by atoms with Crippen LogP contribution in [0.4, 0.5) is 15.8 Å². The molecule has 2 N–H and O–H groups in total. The van der Waals surface area contributed by atoms with Gasteiger partial charge in [0.15, 0.2) is 10.9 Å². The van der Waals surface area contributed by atoms with Gasteiger partial charge in [0.25, 0.3) is 0 Å². The number of benzene rings is 2. The van der Waals surface area contributed by atoms with Crippen LogP contribution < -0.4 is 15.4 Å². The molecular weight excluding hydrogens is 585 g/mol. The Labute approximate surface area is 271 Å².